The first-order valence-electron chi connectivity index (χ1n) is 7.95. The molecule has 0 aliphatic rings. The highest BCUT2D eigenvalue weighted by Gasteiger charge is 2.10. The molecule has 130 valence electrons. The van der Waals surface area contributed by atoms with E-state index in [0.29, 0.717) is 21.5 Å². The number of nitrogens with zero attached hydrogens (tertiary/aromatic N) is 1. The fourth-order valence-corrected chi connectivity index (χ4v) is 2.69. The van der Waals surface area contributed by atoms with E-state index in [9.17, 15) is 10.1 Å². The predicted molar refractivity (Wildman–Crippen MR) is 107 cm³/mol. The van der Waals surface area contributed by atoms with E-state index >= 15 is 0 Å². The summed E-state index contributed by atoms with van der Waals surface area (Å²) >= 11 is 3.39. The smallest absolute Gasteiger partial charge is 0.266 e. The Hall–Kier alpha value is -3.02. The quantitative estimate of drug-likeness (QED) is 0.432. The van der Waals surface area contributed by atoms with Crippen molar-refractivity contribution in [3.63, 3.8) is 0 Å². The van der Waals surface area contributed by atoms with Crippen LogP contribution in [-0.2, 0) is 11.2 Å². The van der Waals surface area contributed by atoms with Crippen molar-refractivity contribution >= 4 is 33.6 Å². The van der Waals surface area contributed by atoms with Crippen LogP contribution in [0.2, 0.25) is 0 Å². The zero-order valence-electron chi connectivity index (χ0n) is 14.3. The van der Waals surface area contributed by atoms with Crippen molar-refractivity contribution in [2.24, 2.45) is 0 Å². The van der Waals surface area contributed by atoms with Gasteiger partial charge in [0, 0.05) is 5.69 Å². The van der Waals surface area contributed by atoms with Gasteiger partial charge < -0.3 is 10.1 Å². The van der Waals surface area contributed by atoms with E-state index < -0.39 is 5.91 Å². The summed E-state index contributed by atoms with van der Waals surface area (Å²) in [5.74, 6) is 2.53. The molecule has 2 aromatic carbocycles. The number of carbonyl (C=O) groups is 1. The van der Waals surface area contributed by atoms with Crippen LogP contribution in [0.25, 0.3) is 6.08 Å². The van der Waals surface area contributed by atoms with Crippen LogP contribution in [0.1, 0.15) is 18.1 Å². The topological polar surface area (TPSA) is 62.1 Å². The average Bonchev–Trinajstić information content (AvgIpc) is 2.66. The van der Waals surface area contributed by atoms with Gasteiger partial charge in [0.05, 0.1) is 4.47 Å². The molecule has 0 aliphatic heterocycles. The standard InChI is InChI=1S/C21H17BrN2O2/c1-3-11-26-20-10-7-16(13-19(20)22)12-17(14-23)21(25)24-18-8-5-15(4-2)6-9-18/h1,5-10,12-13H,4,11H2,2H3,(H,24,25)/b17-12+. The number of rotatable bonds is 6. The normalized spacial score (nSPS) is 10.5. The van der Waals surface area contributed by atoms with Crippen molar-refractivity contribution < 1.29 is 9.53 Å². The summed E-state index contributed by atoms with van der Waals surface area (Å²) in [6.07, 6.45) is 7.62. The van der Waals surface area contributed by atoms with E-state index in [1.807, 2.05) is 30.3 Å². The minimum Gasteiger partial charge on any atom is -0.480 e. The van der Waals surface area contributed by atoms with E-state index in [-0.39, 0.29) is 12.2 Å². The number of ether oxygens (including phenoxy) is 1. The summed E-state index contributed by atoms with van der Waals surface area (Å²) in [4.78, 5) is 12.3. The second kappa shape index (κ2) is 9.46. The highest BCUT2D eigenvalue weighted by molar-refractivity contribution is 9.10. The van der Waals surface area contributed by atoms with Gasteiger partial charge in [-0.3, -0.25) is 4.79 Å². The van der Waals surface area contributed by atoms with Gasteiger partial charge in [0.1, 0.15) is 24.0 Å². The highest BCUT2D eigenvalue weighted by Crippen LogP contribution is 2.27. The molecule has 2 rings (SSSR count). The Kier molecular flexibility index (Phi) is 7.02. The maximum atomic E-state index is 12.3. The van der Waals surface area contributed by atoms with Gasteiger partial charge in [-0.05, 0) is 63.8 Å². The first-order valence-corrected chi connectivity index (χ1v) is 8.74. The van der Waals surface area contributed by atoms with Crippen LogP contribution in [0.5, 0.6) is 5.75 Å². The van der Waals surface area contributed by atoms with Crippen molar-refractivity contribution in [1.82, 2.24) is 0 Å². The molecule has 0 saturated heterocycles. The van der Waals surface area contributed by atoms with Crippen molar-refractivity contribution in [3.8, 4) is 24.2 Å². The zero-order chi connectivity index (χ0) is 18.9. The molecular formula is C21H17BrN2O2. The minimum atomic E-state index is -0.458. The molecule has 26 heavy (non-hydrogen) atoms. The lowest BCUT2D eigenvalue weighted by molar-refractivity contribution is -0.112. The molecule has 0 aromatic heterocycles. The number of amides is 1. The lowest BCUT2D eigenvalue weighted by Crippen LogP contribution is -2.13. The molecule has 0 saturated carbocycles. The monoisotopic (exact) mass is 408 g/mol. The summed E-state index contributed by atoms with van der Waals surface area (Å²) in [5.41, 5.74) is 2.52. The van der Waals surface area contributed by atoms with Crippen LogP contribution in [0.15, 0.2) is 52.5 Å². The fraction of sp³-hybridized carbons (Fsp3) is 0.143. The van der Waals surface area contributed by atoms with Gasteiger partial charge >= 0.3 is 0 Å². The predicted octanol–water partition coefficient (Wildman–Crippen LogP) is 4.57. The summed E-state index contributed by atoms with van der Waals surface area (Å²) in [7, 11) is 0. The molecule has 5 heteroatoms. The second-order valence-corrected chi connectivity index (χ2v) is 6.21. The van der Waals surface area contributed by atoms with E-state index in [1.54, 1.807) is 18.2 Å². The lowest BCUT2D eigenvalue weighted by Gasteiger charge is -2.07. The molecule has 0 radical (unpaired) electrons. The third-order valence-corrected chi connectivity index (χ3v) is 4.18. The number of carbonyl (C=O) groups excluding carboxylic acids is 1. The Morgan fingerprint density at radius 3 is 2.62 bits per heavy atom. The lowest BCUT2D eigenvalue weighted by atomic mass is 10.1. The molecule has 0 heterocycles. The third-order valence-electron chi connectivity index (χ3n) is 3.56. The van der Waals surface area contributed by atoms with Gasteiger partial charge in [0.25, 0.3) is 5.91 Å². The zero-order valence-corrected chi connectivity index (χ0v) is 15.8. The van der Waals surface area contributed by atoms with Gasteiger partial charge in [0.15, 0.2) is 0 Å². The van der Waals surface area contributed by atoms with Crippen LogP contribution in [-0.4, -0.2) is 12.5 Å². The van der Waals surface area contributed by atoms with Gasteiger partial charge in [0.2, 0.25) is 0 Å². The summed E-state index contributed by atoms with van der Waals surface area (Å²) in [6, 6.07) is 14.7. The van der Waals surface area contributed by atoms with Gasteiger partial charge in [-0.15, -0.1) is 6.42 Å². The van der Waals surface area contributed by atoms with Gasteiger partial charge in [-0.2, -0.15) is 5.26 Å². The Morgan fingerprint density at radius 2 is 2.04 bits per heavy atom. The molecule has 1 N–H and O–H groups in total. The largest absolute Gasteiger partial charge is 0.480 e. The number of terminal acetylenes is 1. The molecule has 0 spiro atoms. The van der Waals surface area contributed by atoms with Crippen LogP contribution in [0, 0.1) is 23.7 Å². The van der Waals surface area contributed by atoms with Crippen molar-refractivity contribution in [2.45, 2.75) is 13.3 Å². The first-order chi connectivity index (χ1) is 12.6. The van der Waals surface area contributed by atoms with Crippen LogP contribution >= 0.6 is 15.9 Å². The number of halogens is 1. The third kappa shape index (κ3) is 5.24. The molecule has 1 amide bonds. The van der Waals surface area contributed by atoms with Crippen molar-refractivity contribution in [3.05, 3.63) is 63.6 Å². The Bertz CT molecular complexity index is 903. The summed E-state index contributed by atoms with van der Waals surface area (Å²) in [6.45, 7) is 2.22. The maximum Gasteiger partial charge on any atom is 0.266 e. The van der Waals surface area contributed by atoms with Crippen molar-refractivity contribution in [2.75, 3.05) is 11.9 Å². The number of anilines is 1. The molecule has 0 bridgehead atoms. The SMILES string of the molecule is C#CCOc1ccc(/C=C(\C#N)C(=O)Nc2ccc(CC)cc2)cc1Br. The fourth-order valence-electron chi connectivity index (χ4n) is 2.18. The van der Waals surface area contributed by atoms with Crippen LogP contribution in [0.4, 0.5) is 5.69 Å². The van der Waals surface area contributed by atoms with E-state index in [1.165, 1.54) is 11.6 Å². The number of benzene rings is 2. The highest BCUT2D eigenvalue weighted by atomic mass is 79.9. The number of hydrogen-bond acceptors (Lipinski definition) is 3. The summed E-state index contributed by atoms with van der Waals surface area (Å²) < 4.78 is 6.06. The Labute approximate surface area is 161 Å². The van der Waals surface area contributed by atoms with E-state index in [2.05, 4.69) is 34.1 Å². The Balaban J connectivity index is 2.15. The van der Waals surface area contributed by atoms with Crippen LogP contribution in [0.3, 0.4) is 0 Å². The van der Waals surface area contributed by atoms with E-state index in [4.69, 9.17) is 11.2 Å². The molecular weight excluding hydrogens is 392 g/mol. The van der Waals surface area contributed by atoms with Crippen molar-refractivity contribution in [1.29, 1.82) is 5.26 Å². The molecule has 0 aliphatic carbocycles. The number of nitriles is 1. The molecule has 0 unspecified atom stereocenters. The number of aryl methyl sites for hydroxylation is 1. The minimum absolute atomic E-state index is 0.00811. The molecule has 0 atom stereocenters. The Morgan fingerprint density at radius 1 is 1.31 bits per heavy atom. The number of hydrogen-bond donors (Lipinski definition) is 1. The van der Waals surface area contributed by atoms with Gasteiger partial charge in [-0.1, -0.05) is 31.0 Å². The first kappa shape index (κ1) is 19.3. The van der Waals surface area contributed by atoms with Crippen LogP contribution < -0.4 is 10.1 Å². The van der Waals surface area contributed by atoms with Gasteiger partial charge in [-0.25, -0.2) is 0 Å². The molecule has 2 aromatic rings. The average molecular weight is 409 g/mol. The van der Waals surface area contributed by atoms with E-state index in [0.717, 1.165) is 6.42 Å². The second-order valence-electron chi connectivity index (χ2n) is 5.36. The molecule has 0 fully saturated rings. The molecule has 4 nitrogen and oxygen atoms in total. The summed E-state index contributed by atoms with van der Waals surface area (Å²) in [5, 5.41) is 12.1. The number of nitrogens with one attached hydrogen (secondary N) is 1. The maximum absolute atomic E-state index is 12.3.